The zero-order valence-electron chi connectivity index (χ0n) is 12.9. The quantitative estimate of drug-likeness (QED) is 0.706. The Morgan fingerprint density at radius 3 is 2.76 bits per heavy atom. The van der Waals surface area contributed by atoms with Crippen molar-refractivity contribution < 1.29 is 19.1 Å². The highest BCUT2D eigenvalue weighted by atomic mass is 32.2. The van der Waals surface area contributed by atoms with Crippen LogP contribution in [0.3, 0.4) is 0 Å². The van der Waals surface area contributed by atoms with Gasteiger partial charge in [-0.15, -0.1) is 0 Å². The molecule has 21 heavy (non-hydrogen) atoms. The van der Waals surface area contributed by atoms with E-state index in [0.717, 1.165) is 32.3 Å². The van der Waals surface area contributed by atoms with Crippen LogP contribution in [-0.4, -0.2) is 42.1 Å². The molecule has 0 amide bonds. The molecule has 2 saturated heterocycles. The third-order valence-corrected chi connectivity index (χ3v) is 5.41. The van der Waals surface area contributed by atoms with Crippen LogP contribution < -0.4 is 0 Å². The molecule has 0 bridgehead atoms. The van der Waals surface area contributed by atoms with E-state index in [1.165, 1.54) is 11.5 Å². The molecule has 0 aromatic heterocycles. The molecule has 2 heterocycles. The van der Waals surface area contributed by atoms with Crippen molar-refractivity contribution in [3.63, 3.8) is 0 Å². The molecule has 0 aliphatic carbocycles. The fourth-order valence-corrected chi connectivity index (χ4v) is 4.53. The molecule has 0 N–H and O–H groups in total. The van der Waals surface area contributed by atoms with Crippen molar-refractivity contribution >= 4 is 23.5 Å². The van der Waals surface area contributed by atoms with Crippen LogP contribution in [-0.2, 0) is 19.1 Å². The number of hydrogen-bond donors (Lipinski definition) is 0. The minimum Gasteiger partial charge on any atom is -0.466 e. The molecule has 0 aromatic carbocycles. The number of thioether (sulfide) groups is 1. The molecule has 1 spiro atoms. The van der Waals surface area contributed by atoms with Crippen LogP contribution in [0.2, 0.25) is 0 Å². The van der Waals surface area contributed by atoms with E-state index in [0.29, 0.717) is 25.4 Å². The second kappa shape index (κ2) is 8.18. The number of rotatable bonds is 6. The first-order chi connectivity index (χ1) is 10.1. The van der Waals surface area contributed by atoms with Crippen molar-refractivity contribution in [2.24, 2.45) is 5.92 Å². The zero-order valence-corrected chi connectivity index (χ0v) is 13.7. The Bertz CT molecular complexity index is 358. The first-order valence-corrected chi connectivity index (χ1v) is 9.18. The van der Waals surface area contributed by atoms with Crippen molar-refractivity contribution in [3.8, 4) is 0 Å². The Balaban J connectivity index is 1.74. The lowest BCUT2D eigenvalue weighted by atomic mass is 9.79. The summed E-state index contributed by atoms with van der Waals surface area (Å²) in [6.45, 7) is 2.94. The van der Waals surface area contributed by atoms with E-state index in [4.69, 9.17) is 9.47 Å². The topological polar surface area (TPSA) is 52.6 Å². The van der Waals surface area contributed by atoms with Gasteiger partial charge in [0.15, 0.2) is 0 Å². The van der Waals surface area contributed by atoms with Gasteiger partial charge in [-0.1, -0.05) is 0 Å². The van der Waals surface area contributed by atoms with E-state index in [2.05, 4.69) is 0 Å². The number of esters is 1. The van der Waals surface area contributed by atoms with Crippen molar-refractivity contribution in [3.05, 3.63) is 0 Å². The van der Waals surface area contributed by atoms with Crippen LogP contribution >= 0.6 is 11.8 Å². The molecule has 2 fully saturated rings. The SMILES string of the molecule is CCOC(=O)CCC(=O)CC1CCOC2(CCSCC2)C1. The highest BCUT2D eigenvalue weighted by molar-refractivity contribution is 7.99. The van der Waals surface area contributed by atoms with E-state index in [1.54, 1.807) is 6.92 Å². The number of carbonyl (C=O) groups is 2. The molecular weight excluding hydrogens is 288 g/mol. The minimum absolute atomic E-state index is 0.0373. The van der Waals surface area contributed by atoms with Crippen LogP contribution in [0.1, 0.15) is 51.9 Å². The third-order valence-electron chi connectivity index (χ3n) is 4.43. The molecule has 0 aromatic rings. The standard InChI is InChI=1S/C16H26O4S/c1-2-19-15(18)4-3-14(17)11-13-5-8-20-16(12-13)6-9-21-10-7-16/h13H,2-12H2,1H3. The zero-order chi connectivity index (χ0) is 15.1. The second-order valence-electron chi connectivity index (χ2n) is 6.05. The number of ketones is 1. The summed E-state index contributed by atoms with van der Waals surface area (Å²) in [5, 5.41) is 0. The first kappa shape index (κ1) is 16.8. The maximum Gasteiger partial charge on any atom is 0.306 e. The second-order valence-corrected chi connectivity index (χ2v) is 7.28. The van der Waals surface area contributed by atoms with Crippen LogP contribution in [0.5, 0.6) is 0 Å². The Hall–Kier alpha value is -0.550. The molecular formula is C16H26O4S. The normalized spacial score (nSPS) is 24.7. The van der Waals surface area contributed by atoms with Gasteiger partial charge in [0.05, 0.1) is 18.6 Å². The Morgan fingerprint density at radius 1 is 1.29 bits per heavy atom. The summed E-state index contributed by atoms with van der Waals surface area (Å²) in [5.74, 6) is 2.69. The average molecular weight is 314 g/mol. The van der Waals surface area contributed by atoms with Gasteiger partial charge in [0.1, 0.15) is 5.78 Å². The highest BCUT2D eigenvalue weighted by Crippen LogP contribution is 2.40. The Morgan fingerprint density at radius 2 is 2.05 bits per heavy atom. The van der Waals surface area contributed by atoms with Gasteiger partial charge in [0.25, 0.3) is 0 Å². The maximum absolute atomic E-state index is 12.0. The van der Waals surface area contributed by atoms with Crippen LogP contribution in [0.4, 0.5) is 0 Å². The van der Waals surface area contributed by atoms with Crippen molar-refractivity contribution in [2.75, 3.05) is 24.7 Å². The lowest BCUT2D eigenvalue weighted by molar-refractivity contribution is -0.144. The van der Waals surface area contributed by atoms with Crippen molar-refractivity contribution in [1.29, 1.82) is 0 Å². The average Bonchev–Trinajstić information content (AvgIpc) is 2.46. The van der Waals surface area contributed by atoms with Crippen molar-refractivity contribution in [1.82, 2.24) is 0 Å². The van der Waals surface area contributed by atoms with Gasteiger partial charge in [-0.3, -0.25) is 9.59 Å². The van der Waals surface area contributed by atoms with E-state index in [-0.39, 0.29) is 23.8 Å². The maximum atomic E-state index is 12.0. The highest BCUT2D eigenvalue weighted by Gasteiger charge is 2.39. The van der Waals surface area contributed by atoms with Crippen molar-refractivity contribution in [2.45, 2.75) is 57.5 Å². The first-order valence-electron chi connectivity index (χ1n) is 8.02. The Labute approximate surface area is 131 Å². The van der Waals surface area contributed by atoms with Gasteiger partial charge >= 0.3 is 5.97 Å². The predicted molar refractivity (Wildman–Crippen MR) is 83.5 cm³/mol. The van der Waals surface area contributed by atoms with Gasteiger partial charge < -0.3 is 9.47 Å². The van der Waals surface area contributed by atoms with E-state index >= 15 is 0 Å². The number of carbonyl (C=O) groups excluding carboxylic acids is 2. The van der Waals surface area contributed by atoms with Gasteiger partial charge in [-0.2, -0.15) is 11.8 Å². The largest absolute Gasteiger partial charge is 0.466 e. The lowest BCUT2D eigenvalue weighted by Gasteiger charge is -2.43. The Kier molecular flexibility index (Phi) is 6.55. The molecule has 5 heteroatoms. The summed E-state index contributed by atoms with van der Waals surface area (Å²) in [5.41, 5.74) is 0.0373. The van der Waals surface area contributed by atoms with Gasteiger partial charge in [-0.05, 0) is 50.0 Å². The molecule has 4 nitrogen and oxygen atoms in total. The summed E-state index contributed by atoms with van der Waals surface area (Å²) in [6, 6.07) is 0. The summed E-state index contributed by atoms with van der Waals surface area (Å²) >= 11 is 2.00. The predicted octanol–water partition coefficient (Wildman–Crippen LogP) is 2.98. The lowest BCUT2D eigenvalue weighted by Crippen LogP contribution is -2.43. The molecule has 120 valence electrons. The van der Waals surface area contributed by atoms with Gasteiger partial charge in [0.2, 0.25) is 0 Å². The molecule has 1 atom stereocenters. The van der Waals surface area contributed by atoms with E-state index < -0.39 is 0 Å². The van der Waals surface area contributed by atoms with Crippen LogP contribution in [0.15, 0.2) is 0 Å². The molecule has 0 saturated carbocycles. The summed E-state index contributed by atoms with van der Waals surface area (Å²) in [6.07, 6.45) is 5.35. The summed E-state index contributed by atoms with van der Waals surface area (Å²) in [7, 11) is 0. The fraction of sp³-hybridized carbons (Fsp3) is 0.875. The number of ether oxygens (including phenoxy) is 2. The molecule has 0 radical (unpaired) electrons. The van der Waals surface area contributed by atoms with Crippen LogP contribution in [0, 0.1) is 5.92 Å². The monoisotopic (exact) mass is 314 g/mol. The molecule has 1 unspecified atom stereocenters. The van der Waals surface area contributed by atoms with Gasteiger partial charge in [-0.25, -0.2) is 0 Å². The minimum atomic E-state index is -0.265. The smallest absolute Gasteiger partial charge is 0.306 e. The summed E-state index contributed by atoms with van der Waals surface area (Å²) < 4.78 is 10.9. The van der Waals surface area contributed by atoms with E-state index in [9.17, 15) is 9.59 Å². The third kappa shape index (κ3) is 5.29. The number of Topliss-reactive ketones (excluding diaryl/α,β-unsaturated/α-hetero) is 1. The summed E-state index contributed by atoms with van der Waals surface area (Å²) in [4.78, 5) is 23.3. The molecule has 2 aliphatic rings. The van der Waals surface area contributed by atoms with E-state index in [1.807, 2.05) is 11.8 Å². The fourth-order valence-electron chi connectivity index (χ4n) is 3.29. The van der Waals surface area contributed by atoms with Gasteiger partial charge in [0, 0.05) is 19.4 Å². The number of hydrogen-bond acceptors (Lipinski definition) is 5. The molecule has 2 rings (SSSR count). The molecule has 2 aliphatic heterocycles. The van der Waals surface area contributed by atoms with Crippen LogP contribution in [0.25, 0.3) is 0 Å².